The molecule has 210 valence electrons. The number of fused-ring (bicyclic) bond motifs is 1. The van der Waals surface area contributed by atoms with Crippen LogP contribution in [0, 0.1) is 23.2 Å². The standard InChI is InChI=1S/C29H35N7O4/c1-3-35-21(10-13-30-35)25(37)32-24(23(17-4-5-17)18-6-7-18)20-15-36-22(31-20)9-8-19(34-36)14-29(27(39)40-2)16-28(11-12-28)33-26(29)38/h8-10,13,15,17-18,23-24H,3-7,11-12,14,16H2,1-2H3,(H,32,37)(H,33,38). The molecule has 1 spiro atoms. The van der Waals surface area contributed by atoms with E-state index in [1.54, 1.807) is 21.5 Å². The largest absolute Gasteiger partial charge is 0.468 e. The molecule has 3 saturated carbocycles. The lowest BCUT2D eigenvalue weighted by Gasteiger charge is -2.27. The van der Waals surface area contributed by atoms with Gasteiger partial charge in [0.15, 0.2) is 11.1 Å². The Morgan fingerprint density at radius 3 is 2.55 bits per heavy atom. The number of carbonyl (C=O) groups is 3. The highest BCUT2D eigenvalue weighted by molar-refractivity contribution is 6.05. The summed E-state index contributed by atoms with van der Waals surface area (Å²) in [5.41, 5.74) is 1.03. The molecule has 1 saturated heterocycles. The van der Waals surface area contributed by atoms with E-state index in [-0.39, 0.29) is 29.8 Å². The van der Waals surface area contributed by atoms with Gasteiger partial charge in [0.25, 0.3) is 5.91 Å². The van der Waals surface area contributed by atoms with E-state index < -0.39 is 11.4 Å². The van der Waals surface area contributed by atoms with Crippen LogP contribution in [0.4, 0.5) is 0 Å². The Hall–Kier alpha value is -3.76. The number of aryl methyl sites for hydroxylation is 1. The third kappa shape index (κ3) is 4.26. The van der Waals surface area contributed by atoms with Gasteiger partial charge in [0, 0.05) is 24.7 Å². The zero-order valence-electron chi connectivity index (χ0n) is 22.9. The van der Waals surface area contributed by atoms with E-state index in [9.17, 15) is 14.4 Å². The lowest BCUT2D eigenvalue weighted by Crippen LogP contribution is -2.42. The summed E-state index contributed by atoms with van der Waals surface area (Å²) in [5.74, 6) is 0.535. The molecule has 0 aromatic carbocycles. The molecule has 2 amide bonds. The van der Waals surface area contributed by atoms with Gasteiger partial charge in [-0.05, 0) is 87.8 Å². The zero-order chi connectivity index (χ0) is 27.6. The van der Waals surface area contributed by atoms with Crippen LogP contribution in [0.1, 0.15) is 79.8 Å². The molecule has 2 unspecified atom stereocenters. The van der Waals surface area contributed by atoms with Crippen molar-refractivity contribution in [1.29, 1.82) is 0 Å². The molecule has 3 aliphatic carbocycles. The normalized spacial score (nSPS) is 23.9. The maximum absolute atomic E-state index is 13.4. The van der Waals surface area contributed by atoms with Crippen LogP contribution in [0.2, 0.25) is 0 Å². The van der Waals surface area contributed by atoms with Gasteiger partial charge in [-0.2, -0.15) is 10.2 Å². The minimum Gasteiger partial charge on any atom is -0.468 e. The number of amides is 2. The van der Waals surface area contributed by atoms with Gasteiger partial charge in [-0.25, -0.2) is 9.50 Å². The second-order valence-electron chi connectivity index (χ2n) is 12.2. The average Bonchev–Trinajstić information content (AvgIpc) is 3.91. The molecular weight excluding hydrogens is 510 g/mol. The van der Waals surface area contributed by atoms with Crippen molar-refractivity contribution in [2.45, 2.75) is 76.4 Å². The van der Waals surface area contributed by atoms with Gasteiger partial charge in [0.05, 0.1) is 30.7 Å². The minimum absolute atomic E-state index is 0.150. The van der Waals surface area contributed by atoms with E-state index >= 15 is 0 Å². The van der Waals surface area contributed by atoms with Crippen LogP contribution in [0.5, 0.6) is 0 Å². The number of nitrogens with one attached hydrogen (secondary N) is 2. The molecule has 4 heterocycles. The number of ether oxygens (including phenoxy) is 1. The van der Waals surface area contributed by atoms with Crippen LogP contribution in [0.15, 0.2) is 30.6 Å². The minimum atomic E-state index is -1.28. The van der Waals surface area contributed by atoms with E-state index in [0.29, 0.717) is 47.8 Å². The molecule has 0 radical (unpaired) electrons. The first-order chi connectivity index (χ1) is 19.3. The van der Waals surface area contributed by atoms with E-state index in [4.69, 9.17) is 14.8 Å². The Morgan fingerprint density at radius 1 is 1.18 bits per heavy atom. The highest BCUT2D eigenvalue weighted by Crippen LogP contribution is 2.54. The van der Waals surface area contributed by atoms with Crippen molar-refractivity contribution in [3.05, 3.63) is 47.7 Å². The topological polar surface area (TPSA) is 133 Å². The summed E-state index contributed by atoms with van der Waals surface area (Å²) in [5, 5.41) is 15.4. The first-order valence-corrected chi connectivity index (χ1v) is 14.4. The monoisotopic (exact) mass is 545 g/mol. The van der Waals surface area contributed by atoms with Crippen LogP contribution in [-0.4, -0.2) is 54.8 Å². The number of rotatable bonds is 10. The predicted molar refractivity (Wildman–Crippen MR) is 143 cm³/mol. The van der Waals surface area contributed by atoms with Crippen LogP contribution in [0.25, 0.3) is 5.65 Å². The highest BCUT2D eigenvalue weighted by Gasteiger charge is 2.64. The Kier molecular flexibility index (Phi) is 5.76. The summed E-state index contributed by atoms with van der Waals surface area (Å²) in [4.78, 5) is 44.3. The van der Waals surface area contributed by atoms with Crippen molar-refractivity contribution in [3.8, 4) is 0 Å². The molecule has 4 aliphatic rings. The molecule has 11 heteroatoms. The van der Waals surface area contributed by atoms with Crippen molar-refractivity contribution < 1.29 is 19.1 Å². The number of aromatic nitrogens is 5. The fraction of sp³-hybridized carbons (Fsp3) is 0.586. The van der Waals surface area contributed by atoms with Crippen molar-refractivity contribution >= 4 is 23.4 Å². The smallest absolute Gasteiger partial charge is 0.321 e. The van der Waals surface area contributed by atoms with E-state index in [2.05, 4.69) is 15.7 Å². The molecule has 3 aromatic heterocycles. The number of hydrogen-bond donors (Lipinski definition) is 2. The summed E-state index contributed by atoms with van der Waals surface area (Å²) >= 11 is 0. The summed E-state index contributed by atoms with van der Waals surface area (Å²) in [7, 11) is 1.33. The molecule has 7 rings (SSSR count). The number of nitrogens with zero attached hydrogens (tertiary/aromatic N) is 5. The van der Waals surface area contributed by atoms with Gasteiger partial charge in [-0.1, -0.05) is 0 Å². The van der Waals surface area contributed by atoms with Crippen molar-refractivity contribution in [2.75, 3.05) is 7.11 Å². The second-order valence-corrected chi connectivity index (χ2v) is 12.2. The molecule has 4 fully saturated rings. The maximum Gasteiger partial charge on any atom is 0.321 e. The molecule has 0 bridgehead atoms. The van der Waals surface area contributed by atoms with E-state index in [1.807, 2.05) is 25.3 Å². The molecular formula is C29H35N7O4. The lowest BCUT2D eigenvalue weighted by atomic mass is 9.79. The van der Waals surface area contributed by atoms with Gasteiger partial charge in [0.2, 0.25) is 5.91 Å². The Balaban J connectivity index is 1.21. The summed E-state index contributed by atoms with van der Waals surface area (Å²) in [6.07, 6.45) is 10.6. The molecule has 2 N–H and O–H groups in total. The van der Waals surface area contributed by atoms with Gasteiger partial charge >= 0.3 is 5.97 Å². The summed E-state index contributed by atoms with van der Waals surface area (Å²) in [6.45, 7) is 2.58. The fourth-order valence-electron chi connectivity index (χ4n) is 6.84. The van der Waals surface area contributed by atoms with Crippen LogP contribution in [0.3, 0.4) is 0 Å². The Bertz CT molecular complexity index is 1490. The van der Waals surface area contributed by atoms with Gasteiger partial charge in [-0.3, -0.25) is 19.1 Å². The average molecular weight is 546 g/mol. The molecule has 3 aromatic rings. The van der Waals surface area contributed by atoms with Crippen molar-refractivity contribution in [2.24, 2.45) is 23.2 Å². The highest BCUT2D eigenvalue weighted by atomic mass is 16.5. The fourth-order valence-corrected chi connectivity index (χ4v) is 6.84. The number of hydrogen-bond acceptors (Lipinski definition) is 7. The first kappa shape index (κ1) is 25.2. The van der Waals surface area contributed by atoms with Crippen LogP contribution >= 0.6 is 0 Å². The Morgan fingerprint density at radius 2 is 1.93 bits per heavy atom. The zero-order valence-corrected chi connectivity index (χ0v) is 22.9. The van der Waals surface area contributed by atoms with Crippen molar-refractivity contribution in [3.63, 3.8) is 0 Å². The number of methoxy groups -OCH3 is 1. The number of imidazole rings is 1. The first-order valence-electron chi connectivity index (χ1n) is 14.4. The van der Waals surface area contributed by atoms with Crippen molar-refractivity contribution in [1.82, 2.24) is 35.0 Å². The second kappa shape index (κ2) is 9.14. The molecule has 1 aliphatic heterocycles. The number of carbonyl (C=O) groups excluding carboxylic acids is 3. The van der Waals surface area contributed by atoms with Gasteiger partial charge < -0.3 is 15.4 Å². The maximum atomic E-state index is 13.4. The molecule has 11 nitrogen and oxygen atoms in total. The third-order valence-corrected chi connectivity index (χ3v) is 9.33. The Labute approximate surface area is 232 Å². The van der Waals surface area contributed by atoms with E-state index in [1.165, 1.54) is 32.8 Å². The number of esters is 1. The quantitative estimate of drug-likeness (QED) is 0.296. The SMILES string of the molecule is CCn1nccc1C(=O)NC(c1cn2nc(CC3(C(=O)OC)CC4(CC4)NC3=O)ccc2n1)C(C1CC1)C1CC1. The van der Waals surface area contributed by atoms with Gasteiger partial charge in [0.1, 0.15) is 5.69 Å². The van der Waals surface area contributed by atoms with Crippen LogP contribution in [-0.2, 0) is 27.3 Å². The summed E-state index contributed by atoms with van der Waals surface area (Å²) < 4.78 is 8.51. The predicted octanol–water partition coefficient (Wildman–Crippen LogP) is 2.61. The summed E-state index contributed by atoms with van der Waals surface area (Å²) in [6, 6.07) is 5.20. The molecule has 2 atom stereocenters. The van der Waals surface area contributed by atoms with E-state index in [0.717, 1.165) is 18.5 Å². The van der Waals surface area contributed by atoms with Crippen LogP contribution < -0.4 is 10.6 Å². The lowest BCUT2D eigenvalue weighted by molar-refractivity contribution is -0.157. The van der Waals surface area contributed by atoms with Gasteiger partial charge in [-0.15, -0.1) is 0 Å². The molecule has 40 heavy (non-hydrogen) atoms. The third-order valence-electron chi connectivity index (χ3n) is 9.33.